The van der Waals surface area contributed by atoms with Gasteiger partial charge in [-0.25, -0.2) is 9.19 Å². The predicted molar refractivity (Wildman–Crippen MR) is 51.3 cm³/mol. The van der Waals surface area contributed by atoms with Crippen LogP contribution in [0.4, 0.5) is 10.1 Å². The van der Waals surface area contributed by atoms with Crippen LogP contribution in [0.2, 0.25) is 5.02 Å². The first-order valence-electron chi connectivity index (χ1n) is 3.37. The SMILES string of the molecule is CS(C)(=O)=Nc1cnc(F)c(Cl)c1. The summed E-state index contributed by atoms with van der Waals surface area (Å²) in [5.74, 6) is -0.751. The number of hydrogen-bond acceptors (Lipinski definition) is 3. The molecule has 0 radical (unpaired) electrons. The maximum absolute atomic E-state index is 12.6. The summed E-state index contributed by atoms with van der Waals surface area (Å²) in [6.45, 7) is 0. The van der Waals surface area contributed by atoms with Crippen LogP contribution in [0.15, 0.2) is 16.6 Å². The molecule has 0 aliphatic rings. The van der Waals surface area contributed by atoms with Crippen LogP contribution in [0.3, 0.4) is 0 Å². The van der Waals surface area contributed by atoms with E-state index in [1.807, 2.05) is 0 Å². The zero-order chi connectivity index (χ0) is 10.1. The Morgan fingerprint density at radius 3 is 2.69 bits per heavy atom. The van der Waals surface area contributed by atoms with Crippen molar-refractivity contribution < 1.29 is 8.60 Å². The van der Waals surface area contributed by atoms with Crippen molar-refractivity contribution in [1.82, 2.24) is 4.98 Å². The van der Waals surface area contributed by atoms with Crippen LogP contribution >= 0.6 is 11.6 Å². The van der Waals surface area contributed by atoms with Crippen LogP contribution in [0.1, 0.15) is 0 Å². The van der Waals surface area contributed by atoms with Gasteiger partial charge in [0.15, 0.2) is 0 Å². The number of aromatic nitrogens is 1. The molecule has 0 saturated heterocycles. The maximum Gasteiger partial charge on any atom is 0.231 e. The van der Waals surface area contributed by atoms with E-state index in [1.54, 1.807) is 0 Å². The summed E-state index contributed by atoms with van der Waals surface area (Å²) < 4.78 is 27.6. The summed E-state index contributed by atoms with van der Waals surface area (Å²) in [5.41, 5.74) is 0.321. The number of rotatable bonds is 1. The smallest absolute Gasteiger partial charge is 0.231 e. The first-order chi connectivity index (χ1) is 5.88. The number of halogens is 2. The highest BCUT2D eigenvalue weighted by Gasteiger charge is 2.02. The van der Waals surface area contributed by atoms with Crippen LogP contribution in [0, 0.1) is 5.95 Å². The zero-order valence-corrected chi connectivity index (χ0v) is 8.69. The van der Waals surface area contributed by atoms with Crippen molar-refractivity contribution in [3.05, 3.63) is 23.2 Å². The second-order valence-corrected chi connectivity index (χ2v) is 5.69. The molecule has 72 valence electrons. The Morgan fingerprint density at radius 1 is 1.62 bits per heavy atom. The second kappa shape index (κ2) is 3.59. The van der Waals surface area contributed by atoms with Gasteiger partial charge in [0.05, 0.1) is 16.9 Å². The van der Waals surface area contributed by atoms with Gasteiger partial charge in [0.25, 0.3) is 0 Å². The standard InChI is InChI=1S/C7H8ClFN2OS/c1-13(2,12)11-5-3-6(8)7(9)10-4-5/h3-4H,1-2H3. The molecule has 1 heterocycles. The van der Waals surface area contributed by atoms with Crippen molar-refractivity contribution in [3.8, 4) is 0 Å². The molecular weight excluding hydrogens is 215 g/mol. The molecule has 0 unspecified atom stereocenters. The lowest BCUT2D eigenvalue weighted by Gasteiger charge is -1.97. The van der Waals surface area contributed by atoms with Gasteiger partial charge in [-0.2, -0.15) is 8.75 Å². The highest BCUT2D eigenvalue weighted by atomic mass is 35.5. The molecule has 13 heavy (non-hydrogen) atoms. The van der Waals surface area contributed by atoms with Gasteiger partial charge in [0.2, 0.25) is 5.95 Å². The first-order valence-corrected chi connectivity index (χ1v) is 6.07. The van der Waals surface area contributed by atoms with Gasteiger partial charge in [0.1, 0.15) is 0 Å². The van der Waals surface area contributed by atoms with Crippen LogP contribution in [0.5, 0.6) is 0 Å². The summed E-state index contributed by atoms with van der Waals surface area (Å²) in [5, 5.41) is -0.120. The van der Waals surface area contributed by atoms with Crippen LogP contribution in [0.25, 0.3) is 0 Å². The number of nitrogens with zero attached hydrogens (tertiary/aromatic N) is 2. The highest BCUT2D eigenvalue weighted by molar-refractivity contribution is 7.92. The largest absolute Gasteiger partial charge is 0.250 e. The minimum atomic E-state index is -2.25. The Labute approximate surface area is 81.1 Å². The minimum absolute atomic E-state index is 0.120. The first kappa shape index (κ1) is 10.4. The molecule has 0 bridgehead atoms. The van der Waals surface area contributed by atoms with E-state index in [9.17, 15) is 8.60 Å². The zero-order valence-electron chi connectivity index (χ0n) is 7.12. The molecule has 1 aromatic rings. The van der Waals surface area contributed by atoms with Gasteiger partial charge in [-0.3, -0.25) is 0 Å². The van der Waals surface area contributed by atoms with E-state index < -0.39 is 15.7 Å². The molecule has 0 aromatic carbocycles. The van der Waals surface area contributed by atoms with Crippen molar-refractivity contribution in [1.29, 1.82) is 0 Å². The summed E-state index contributed by atoms with van der Waals surface area (Å²) in [6, 6.07) is 1.29. The molecule has 3 nitrogen and oxygen atoms in total. The van der Waals surface area contributed by atoms with E-state index in [1.165, 1.54) is 24.8 Å². The van der Waals surface area contributed by atoms with Gasteiger partial charge in [-0.1, -0.05) is 11.6 Å². The quantitative estimate of drug-likeness (QED) is 0.684. The average Bonchev–Trinajstić information content (AvgIpc) is 1.94. The third kappa shape index (κ3) is 3.28. The number of pyridine rings is 1. The Kier molecular flexibility index (Phi) is 2.87. The Hall–Kier alpha value is -0.680. The molecule has 0 spiro atoms. The molecule has 0 amide bonds. The number of hydrogen-bond donors (Lipinski definition) is 0. The molecule has 0 atom stereocenters. The molecular formula is C7H8ClFN2OS. The topological polar surface area (TPSA) is 42.3 Å². The fraction of sp³-hybridized carbons (Fsp3) is 0.286. The Balaban J connectivity index is 3.21. The van der Waals surface area contributed by atoms with E-state index in [0.29, 0.717) is 5.69 Å². The van der Waals surface area contributed by atoms with E-state index in [2.05, 4.69) is 9.35 Å². The summed E-state index contributed by atoms with van der Waals surface area (Å²) >= 11 is 5.45. The van der Waals surface area contributed by atoms with Gasteiger partial charge >= 0.3 is 0 Å². The van der Waals surface area contributed by atoms with Gasteiger partial charge in [-0.05, 0) is 6.07 Å². The van der Waals surface area contributed by atoms with Gasteiger partial charge < -0.3 is 0 Å². The van der Waals surface area contributed by atoms with Crippen molar-refractivity contribution in [2.45, 2.75) is 0 Å². The minimum Gasteiger partial charge on any atom is -0.250 e. The van der Waals surface area contributed by atoms with E-state index in [0.717, 1.165) is 0 Å². The van der Waals surface area contributed by atoms with Crippen LogP contribution in [-0.2, 0) is 9.73 Å². The summed E-state index contributed by atoms with van der Waals surface area (Å²) in [7, 11) is -2.25. The van der Waals surface area contributed by atoms with Gasteiger partial charge in [-0.15, -0.1) is 0 Å². The van der Waals surface area contributed by atoms with Crippen LogP contribution < -0.4 is 0 Å². The normalized spacial score (nSPS) is 11.4. The van der Waals surface area contributed by atoms with Crippen molar-refractivity contribution in [2.24, 2.45) is 4.36 Å². The predicted octanol–water partition coefficient (Wildman–Crippen LogP) is 2.23. The molecule has 0 fully saturated rings. The van der Waals surface area contributed by atoms with Crippen LogP contribution in [-0.4, -0.2) is 21.7 Å². The fourth-order valence-electron chi connectivity index (χ4n) is 0.715. The Bertz CT molecular complexity index is 432. The van der Waals surface area contributed by atoms with E-state index in [4.69, 9.17) is 11.6 Å². The lowest BCUT2D eigenvalue weighted by Crippen LogP contribution is -1.90. The molecule has 0 N–H and O–H groups in total. The molecule has 1 rings (SSSR count). The van der Waals surface area contributed by atoms with Gasteiger partial charge in [0, 0.05) is 22.2 Å². The van der Waals surface area contributed by atoms with Crippen molar-refractivity contribution in [2.75, 3.05) is 12.5 Å². The third-order valence-corrected chi connectivity index (χ3v) is 2.02. The fourth-order valence-corrected chi connectivity index (χ4v) is 1.48. The lowest BCUT2D eigenvalue weighted by atomic mass is 10.4. The molecule has 0 aliphatic carbocycles. The van der Waals surface area contributed by atoms with Crippen molar-refractivity contribution in [3.63, 3.8) is 0 Å². The van der Waals surface area contributed by atoms with E-state index in [-0.39, 0.29) is 5.02 Å². The van der Waals surface area contributed by atoms with Crippen molar-refractivity contribution >= 4 is 27.0 Å². The highest BCUT2D eigenvalue weighted by Crippen LogP contribution is 2.19. The molecule has 6 heteroatoms. The molecule has 0 aliphatic heterocycles. The molecule has 1 aromatic heterocycles. The second-order valence-electron chi connectivity index (χ2n) is 2.74. The molecule has 0 saturated carbocycles. The summed E-state index contributed by atoms with van der Waals surface area (Å²) in [6.07, 6.45) is 4.14. The third-order valence-electron chi connectivity index (χ3n) is 1.11. The van der Waals surface area contributed by atoms with E-state index >= 15 is 0 Å². The monoisotopic (exact) mass is 222 g/mol. The Morgan fingerprint density at radius 2 is 2.23 bits per heavy atom. The maximum atomic E-state index is 12.6. The average molecular weight is 223 g/mol. The lowest BCUT2D eigenvalue weighted by molar-refractivity contribution is 0.584. The summed E-state index contributed by atoms with van der Waals surface area (Å²) in [4.78, 5) is 3.34.